The van der Waals surface area contributed by atoms with Crippen molar-refractivity contribution in [2.24, 2.45) is 0 Å². The first-order valence-electron chi connectivity index (χ1n) is 5.89. The number of nitro groups is 1. The number of thiophene rings is 1. The standard InChI is InChI=1S/C13H15N3O2S/c1-9(8-10-4-3-7-19-10)15-12-6-2-5-11(14)13(12)16(17)18/h2-7,9,15H,8,14H2,1H3. The zero-order valence-corrected chi connectivity index (χ0v) is 11.3. The SMILES string of the molecule is CC(Cc1cccs1)Nc1cccc(N)c1[N+](=O)[O-]. The van der Waals surface area contributed by atoms with Crippen molar-refractivity contribution in [2.75, 3.05) is 11.1 Å². The van der Waals surface area contributed by atoms with Crippen LogP contribution in [0.3, 0.4) is 0 Å². The first-order chi connectivity index (χ1) is 9.08. The van der Waals surface area contributed by atoms with Crippen LogP contribution in [0, 0.1) is 10.1 Å². The summed E-state index contributed by atoms with van der Waals surface area (Å²) in [5, 5.41) is 16.2. The fourth-order valence-electron chi connectivity index (χ4n) is 1.93. The van der Waals surface area contributed by atoms with Crippen LogP contribution in [0.1, 0.15) is 11.8 Å². The first-order valence-corrected chi connectivity index (χ1v) is 6.77. The van der Waals surface area contributed by atoms with Crippen molar-refractivity contribution in [3.05, 3.63) is 50.7 Å². The molecule has 1 unspecified atom stereocenters. The molecule has 0 amide bonds. The third kappa shape index (κ3) is 3.23. The number of para-hydroxylation sites is 1. The van der Waals surface area contributed by atoms with Crippen molar-refractivity contribution in [1.82, 2.24) is 0 Å². The summed E-state index contributed by atoms with van der Waals surface area (Å²) in [4.78, 5) is 11.8. The van der Waals surface area contributed by atoms with Crippen LogP contribution in [0.25, 0.3) is 0 Å². The van der Waals surface area contributed by atoms with E-state index in [2.05, 4.69) is 11.4 Å². The quantitative estimate of drug-likeness (QED) is 0.499. The molecule has 0 bridgehead atoms. The number of benzene rings is 1. The second kappa shape index (κ2) is 5.71. The van der Waals surface area contributed by atoms with Gasteiger partial charge in [-0.05, 0) is 30.5 Å². The average Bonchev–Trinajstić information content (AvgIpc) is 2.81. The van der Waals surface area contributed by atoms with Gasteiger partial charge in [-0.1, -0.05) is 12.1 Å². The van der Waals surface area contributed by atoms with E-state index in [9.17, 15) is 10.1 Å². The number of nitrogens with zero attached hydrogens (tertiary/aromatic N) is 1. The number of hydrogen-bond acceptors (Lipinski definition) is 5. The highest BCUT2D eigenvalue weighted by molar-refractivity contribution is 7.09. The molecule has 6 heteroatoms. The normalized spacial score (nSPS) is 12.1. The Kier molecular flexibility index (Phi) is 4.01. The Hall–Kier alpha value is -2.08. The monoisotopic (exact) mass is 277 g/mol. The van der Waals surface area contributed by atoms with Gasteiger partial charge in [0.2, 0.25) is 0 Å². The second-order valence-electron chi connectivity index (χ2n) is 4.33. The summed E-state index contributed by atoms with van der Waals surface area (Å²) in [5.41, 5.74) is 6.25. The van der Waals surface area contributed by atoms with Crippen LogP contribution in [0.2, 0.25) is 0 Å². The van der Waals surface area contributed by atoms with Crippen molar-refractivity contribution in [2.45, 2.75) is 19.4 Å². The Balaban J connectivity index is 2.14. The number of nitro benzene ring substituents is 1. The summed E-state index contributed by atoms with van der Waals surface area (Å²) in [6.45, 7) is 1.99. The van der Waals surface area contributed by atoms with E-state index in [0.717, 1.165) is 6.42 Å². The molecule has 0 spiro atoms. The van der Waals surface area contributed by atoms with Crippen LogP contribution < -0.4 is 11.1 Å². The summed E-state index contributed by atoms with van der Waals surface area (Å²) in [5.74, 6) is 0. The Labute approximate surface area is 115 Å². The van der Waals surface area contributed by atoms with E-state index >= 15 is 0 Å². The van der Waals surface area contributed by atoms with Gasteiger partial charge in [0.1, 0.15) is 11.4 Å². The number of nitrogens with two attached hydrogens (primary N) is 1. The maximum Gasteiger partial charge on any atom is 0.314 e. The minimum absolute atomic E-state index is 0.0551. The van der Waals surface area contributed by atoms with E-state index < -0.39 is 4.92 Å². The highest BCUT2D eigenvalue weighted by atomic mass is 32.1. The molecule has 0 aliphatic heterocycles. The molecule has 1 atom stereocenters. The maximum absolute atomic E-state index is 11.0. The lowest BCUT2D eigenvalue weighted by molar-refractivity contribution is -0.383. The summed E-state index contributed by atoms with van der Waals surface area (Å²) in [6, 6.07) is 9.07. The minimum atomic E-state index is -0.449. The van der Waals surface area contributed by atoms with Crippen LogP contribution in [-0.4, -0.2) is 11.0 Å². The smallest absolute Gasteiger partial charge is 0.314 e. The van der Waals surface area contributed by atoms with Crippen LogP contribution in [0.4, 0.5) is 17.1 Å². The van der Waals surface area contributed by atoms with E-state index in [4.69, 9.17) is 5.73 Å². The van der Waals surface area contributed by atoms with Gasteiger partial charge in [0.05, 0.1) is 4.92 Å². The molecule has 5 nitrogen and oxygen atoms in total. The van der Waals surface area contributed by atoms with Gasteiger partial charge in [0.15, 0.2) is 0 Å². The summed E-state index contributed by atoms with van der Waals surface area (Å²) >= 11 is 1.68. The molecule has 1 heterocycles. The molecule has 1 aromatic heterocycles. The topological polar surface area (TPSA) is 81.2 Å². The fraction of sp³-hybridized carbons (Fsp3) is 0.231. The number of hydrogen-bond donors (Lipinski definition) is 2. The summed E-state index contributed by atoms with van der Waals surface area (Å²) < 4.78 is 0. The van der Waals surface area contributed by atoms with Gasteiger partial charge in [0.25, 0.3) is 0 Å². The Morgan fingerprint density at radius 3 is 2.84 bits per heavy atom. The van der Waals surface area contributed by atoms with Gasteiger partial charge < -0.3 is 11.1 Å². The lowest BCUT2D eigenvalue weighted by Crippen LogP contribution is -2.18. The van der Waals surface area contributed by atoms with Crippen LogP contribution in [0.15, 0.2) is 35.7 Å². The molecule has 19 heavy (non-hydrogen) atoms. The third-order valence-electron chi connectivity index (χ3n) is 2.74. The predicted octanol–water partition coefficient (Wildman–Crippen LogP) is 3.28. The van der Waals surface area contributed by atoms with E-state index in [1.54, 1.807) is 23.5 Å². The predicted molar refractivity (Wildman–Crippen MR) is 78.6 cm³/mol. The van der Waals surface area contributed by atoms with Crippen molar-refractivity contribution < 1.29 is 4.92 Å². The van der Waals surface area contributed by atoms with Crippen LogP contribution >= 0.6 is 11.3 Å². The Morgan fingerprint density at radius 2 is 2.21 bits per heavy atom. The molecule has 0 saturated heterocycles. The van der Waals surface area contributed by atoms with Crippen LogP contribution in [-0.2, 0) is 6.42 Å². The largest absolute Gasteiger partial charge is 0.393 e. The molecule has 1 aromatic carbocycles. The molecule has 2 rings (SSSR count). The second-order valence-corrected chi connectivity index (χ2v) is 5.36. The van der Waals surface area contributed by atoms with Gasteiger partial charge in [-0.2, -0.15) is 0 Å². The van der Waals surface area contributed by atoms with E-state index in [-0.39, 0.29) is 17.4 Å². The molecule has 2 aromatic rings. The van der Waals surface area contributed by atoms with E-state index in [0.29, 0.717) is 5.69 Å². The van der Waals surface area contributed by atoms with Gasteiger partial charge in [0, 0.05) is 17.3 Å². The molecular weight excluding hydrogens is 262 g/mol. The van der Waals surface area contributed by atoms with E-state index in [1.807, 2.05) is 18.4 Å². The Bertz CT molecular complexity index is 569. The highest BCUT2D eigenvalue weighted by Crippen LogP contribution is 2.31. The lowest BCUT2D eigenvalue weighted by atomic mass is 10.1. The number of nitrogens with one attached hydrogen (secondary N) is 1. The molecule has 100 valence electrons. The van der Waals surface area contributed by atoms with E-state index in [1.165, 1.54) is 10.9 Å². The van der Waals surface area contributed by atoms with Crippen molar-refractivity contribution >= 4 is 28.4 Å². The summed E-state index contributed by atoms with van der Waals surface area (Å²) in [7, 11) is 0. The van der Waals surface area contributed by atoms with Gasteiger partial charge in [-0.25, -0.2) is 0 Å². The molecule has 0 aliphatic carbocycles. The lowest BCUT2D eigenvalue weighted by Gasteiger charge is -2.15. The molecule has 0 fully saturated rings. The molecular formula is C13H15N3O2S. The molecule has 0 radical (unpaired) electrons. The third-order valence-corrected chi connectivity index (χ3v) is 3.64. The van der Waals surface area contributed by atoms with Gasteiger partial charge in [-0.15, -0.1) is 11.3 Å². The minimum Gasteiger partial charge on any atom is -0.393 e. The highest BCUT2D eigenvalue weighted by Gasteiger charge is 2.18. The van der Waals surface area contributed by atoms with Crippen molar-refractivity contribution in [3.63, 3.8) is 0 Å². The summed E-state index contributed by atoms with van der Waals surface area (Å²) in [6.07, 6.45) is 0.823. The van der Waals surface area contributed by atoms with Crippen LogP contribution in [0.5, 0.6) is 0 Å². The first kappa shape index (κ1) is 13.4. The maximum atomic E-state index is 11.0. The Morgan fingerprint density at radius 1 is 1.42 bits per heavy atom. The number of nitrogen functional groups attached to an aromatic ring is 1. The van der Waals surface area contributed by atoms with Crippen molar-refractivity contribution in [1.29, 1.82) is 0 Å². The molecule has 0 saturated carbocycles. The van der Waals surface area contributed by atoms with Gasteiger partial charge >= 0.3 is 5.69 Å². The zero-order valence-electron chi connectivity index (χ0n) is 10.5. The molecule has 3 N–H and O–H groups in total. The zero-order chi connectivity index (χ0) is 13.8. The number of rotatable bonds is 5. The van der Waals surface area contributed by atoms with Crippen molar-refractivity contribution in [3.8, 4) is 0 Å². The molecule has 0 aliphatic rings. The average molecular weight is 277 g/mol. The number of anilines is 2. The fourth-order valence-corrected chi connectivity index (χ4v) is 2.76. The van der Waals surface area contributed by atoms with Gasteiger partial charge in [-0.3, -0.25) is 10.1 Å².